The molecular weight excluding hydrogens is 535 g/mol. The Bertz CT molecular complexity index is 1450. The molecule has 1 aromatic heterocycles. The molecular formula is C26H20Cl2N4O4S. The molecule has 2 aliphatic heterocycles. The number of aromatic carboxylic acids is 1. The van der Waals surface area contributed by atoms with E-state index in [0.29, 0.717) is 22.2 Å². The third-order valence-corrected chi connectivity index (χ3v) is 8.61. The maximum atomic E-state index is 14.1. The fraction of sp³-hybridized carbons (Fsp3) is 0.231. The summed E-state index contributed by atoms with van der Waals surface area (Å²) in [6, 6.07) is 16.1. The van der Waals surface area contributed by atoms with Crippen LogP contribution in [0.1, 0.15) is 44.6 Å². The number of benzene rings is 2. The van der Waals surface area contributed by atoms with Gasteiger partial charge in [0.05, 0.1) is 17.3 Å². The van der Waals surface area contributed by atoms with Crippen molar-refractivity contribution in [3.05, 3.63) is 85.5 Å². The normalized spacial score (nSPS) is 22.3. The molecule has 2 saturated heterocycles. The van der Waals surface area contributed by atoms with Gasteiger partial charge in [-0.3, -0.25) is 9.69 Å². The highest BCUT2D eigenvalue weighted by molar-refractivity contribution is 7.14. The fourth-order valence-electron chi connectivity index (χ4n) is 5.07. The summed E-state index contributed by atoms with van der Waals surface area (Å²) in [4.78, 5) is 42.9. The van der Waals surface area contributed by atoms with Crippen LogP contribution in [0, 0.1) is 11.3 Å². The fourth-order valence-corrected chi connectivity index (χ4v) is 6.52. The molecule has 2 aliphatic rings. The van der Waals surface area contributed by atoms with Gasteiger partial charge in [0.2, 0.25) is 0 Å². The Morgan fingerprint density at radius 2 is 1.84 bits per heavy atom. The van der Waals surface area contributed by atoms with E-state index in [9.17, 15) is 24.8 Å². The monoisotopic (exact) mass is 554 g/mol. The van der Waals surface area contributed by atoms with Crippen molar-refractivity contribution >= 4 is 58.1 Å². The van der Waals surface area contributed by atoms with Gasteiger partial charge in [0.15, 0.2) is 0 Å². The number of carbonyl (C=O) groups excluding carboxylic acids is 2. The van der Waals surface area contributed by atoms with E-state index in [1.54, 1.807) is 36.4 Å². The molecule has 0 radical (unpaired) electrons. The highest BCUT2D eigenvalue weighted by atomic mass is 35.5. The Kier molecular flexibility index (Phi) is 6.46. The van der Waals surface area contributed by atoms with E-state index in [-0.39, 0.29) is 23.2 Å². The van der Waals surface area contributed by atoms with Crippen molar-refractivity contribution in [3.63, 3.8) is 0 Å². The number of nitrogens with zero attached hydrogens (tertiary/aromatic N) is 3. The first-order valence-electron chi connectivity index (χ1n) is 11.3. The van der Waals surface area contributed by atoms with Crippen LogP contribution in [0.2, 0.25) is 10.0 Å². The van der Waals surface area contributed by atoms with Crippen molar-refractivity contribution in [2.45, 2.75) is 24.4 Å². The Balaban J connectivity index is 1.55. The molecule has 1 spiro atoms. The van der Waals surface area contributed by atoms with Gasteiger partial charge in [0, 0.05) is 40.0 Å². The molecule has 11 heteroatoms. The molecule has 2 aromatic carbocycles. The predicted molar refractivity (Wildman–Crippen MR) is 140 cm³/mol. The summed E-state index contributed by atoms with van der Waals surface area (Å²) in [7, 11) is 0. The number of thiophene rings is 1. The van der Waals surface area contributed by atoms with Crippen molar-refractivity contribution in [1.82, 2.24) is 10.2 Å². The lowest BCUT2D eigenvalue weighted by molar-refractivity contribution is -0.122. The van der Waals surface area contributed by atoms with Crippen LogP contribution in [-0.2, 0) is 4.79 Å². The number of halogens is 2. The molecule has 8 nitrogen and oxygen atoms in total. The van der Waals surface area contributed by atoms with Gasteiger partial charge in [-0.2, -0.15) is 5.26 Å². The van der Waals surface area contributed by atoms with E-state index in [1.807, 2.05) is 6.92 Å². The van der Waals surface area contributed by atoms with Crippen LogP contribution in [0.25, 0.3) is 0 Å². The highest BCUT2D eigenvalue weighted by Gasteiger charge is 2.61. The van der Waals surface area contributed by atoms with Gasteiger partial charge in [0.25, 0.3) is 5.91 Å². The maximum Gasteiger partial charge on any atom is 0.345 e. The third kappa shape index (κ3) is 4.36. The molecule has 0 aliphatic carbocycles. The number of imide groups is 1. The number of hydrogen-bond donors (Lipinski definition) is 2. The lowest BCUT2D eigenvalue weighted by Gasteiger charge is -2.28. The Morgan fingerprint density at radius 3 is 2.43 bits per heavy atom. The zero-order chi connectivity index (χ0) is 26.5. The number of nitriles is 1. The molecule has 2 N–H and O–H groups in total. The summed E-state index contributed by atoms with van der Waals surface area (Å²) in [5.41, 5.74) is 0.260. The number of urea groups is 1. The average molecular weight is 555 g/mol. The number of rotatable bonds is 5. The van der Waals surface area contributed by atoms with E-state index < -0.39 is 29.4 Å². The maximum absolute atomic E-state index is 14.1. The first kappa shape index (κ1) is 25.2. The van der Waals surface area contributed by atoms with Crippen LogP contribution in [0.3, 0.4) is 0 Å². The number of carboxylic acid groups (broad SMARTS) is 1. The Labute approximate surface area is 226 Å². The summed E-state index contributed by atoms with van der Waals surface area (Å²) in [5, 5.41) is 22.1. The van der Waals surface area contributed by atoms with Crippen molar-refractivity contribution in [2.75, 3.05) is 18.0 Å². The molecule has 0 bridgehead atoms. The van der Waals surface area contributed by atoms with Gasteiger partial charge in [0.1, 0.15) is 10.4 Å². The molecule has 5 rings (SSSR count). The van der Waals surface area contributed by atoms with Crippen molar-refractivity contribution in [1.29, 1.82) is 5.26 Å². The molecule has 3 atom stereocenters. The minimum Gasteiger partial charge on any atom is -0.477 e. The minimum absolute atomic E-state index is 0.203. The predicted octanol–water partition coefficient (Wildman–Crippen LogP) is 5.28. The van der Waals surface area contributed by atoms with Crippen LogP contribution in [-0.4, -0.2) is 46.5 Å². The zero-order valence-corrected chi connectivity index (χ0v) is 21.8. The van der Waals surface area contributed by atoms with Gasteiger partial charge >= 0.3 is 12.0 Å². The van der Waals surface area contributed by atoms with E-state index in [0.717, 1.165) is 15.3 Å². The molecule has 37 heavy (non-hydrogen) atoms. The van der Waals surface area contributed by atoms with E-state index in [1.165, 1.54) is 29.5 Å². The van der Waals surface area contributed by atoms with E-state index >= 15 is 0 Å². The molecule has 2 fully saturated rings. The second-order valence-corrected chi connectivity index (χ2v) is 11.1. The lowest BCUT2D eigenvalue weighted by atomic mass is 9.81. The molecule has 0 saturated carbocycles. The van der Waals surface area contributed by atoms with Crippen LogP contribution in [0.5, 0.6) is 0 Å². The minimum atomic E-state index is -1.29. The molecule has 1 unspecified atom stereocenters. The standard InChI is InChI=1S/C26H20Cl2N4O4S/c1-14(21-6-7-22(37-21)23(33)34)31-12-20(16-4-2-15(11-29)3-5-16)26(13-31)24(35)32(25(36)30-26)19-9-17(27)8-18(28)10-19/h2-10,14,20H,12-13H2,1H3,(H,30,36)(H,33,34)/t14?,20-,26+/m0/s1. The topological polar surface area (TPSA) is 114 Å². The van der Waals surface area contributed by atoms with Crippen LogP contribution >= 0.6 is 34.5 Å². The van der Waals surface area contributed by atoms with Gasteiger partial charge < -0.3 is 10.4 Å². The number of carbonyl (C=O) groups is 3. The number of nitrogens with one attached hydrogen (secondary N) is 1. The van der Waals surface area contributed by atoms with E-state index in [2.05, 4.69) is 16.3 Å². The number of likely N-dealkylation sites (tertiary alicyclic amines) is 1. The summed E-state index contributed by atoms with van der Waals surface area (Å²) < 4.78 is 0. The summed E-state index contributed by atoms with van der Waals surface area (Å²) in [6.07, 6.45) is 0. The summed E-state index contributed by atoms with van der Waals surface area (Å²) in [5.74, 6) is -1.86. The quantitative estimate of drug-likeness (QED) is 0.414. The zero-order valence-electron chi connectivity index (χ0n) is 19.4. The number of anilines is 1. The molecule has 3 amide bonds. The van der Waals surface area contributed by atoms with Crippen molar-refractivity contribution in [2.24, 2.45) is 0 Å². The van der Waals surface area contributed by atoms with Crippen LogP contribution < -0.4 is 10.2 Å². The Hall–Kier alpha value is -3.42. The Morgan fingerprint density at radius 1 is 1.16 bits per heavy atom. The summed E-state index contributed by atoms with van der Waals surface area (Å²) in [6.45, 7) is 2.57. The summed E-state index contributed by atoms with van der Waals surface area (Å²) >= 11 is 13.5. The highest BCUT2D eigenvalue weighted by Crippen LogP contribution is 2.45. The molecule has 3 aromatic rings. The van der Waals surface area contributed by atoms with Gasteiger partial charge in [-0.25, -0.2) is 14.5 Å². The first-order chi connectivity index (χ1) is 17.6. The smallest absolute Gasteiger partial charge is 0.345 e. The van der Waals surface area contributed by atoms with Crippen molar-refractivity contribution < 1.29 is 19.5 Å². The number of hydrogen-bond acceptors (Lipinski definition) is 6. The third-order valence-electron chi connectivity index (χ3n) is 6.93. The van der Waals surface area contributed by atoms with Gasteiger partial charge in [-0.15, -0.1) is 11.3 Å². The lowest BCUT2D eigenvalue weighted by Crippen LogP contribution is -2.53. The SMILES string of the molecule is CC(c1ccc(C(=O)O)s1)N1C[C@@H](c2ccc(C#N)cc2)[C@@]2(C1)NC(=O)N(c1cc(Cl)cc(Cl)c1)C2=O. The molecule has 3 heterocycles. The second kappa shape index (κ2) is 9.47. The van der Waals surface area contributed by atoms with E-state index in [4.69, 9.17) is 23.2 Å². The van der Waals surface area contributed by atoms with Gasteiger partial charge in [-0.05, 0) is 55.0 Å². The largest absolute Gasteiger partial charge is 0.477 e. The number of amides is 3. The first-order valence-corrected chi connectivity index (χ1v) is 12.9. The van der Waals surface area contributed by atoms with Crippen LogP contribution in [0.15, 0.2) is 54.6 Å². The number of carboxylic acids is 1. The molecule has 188 valence electrons. The second-order valence-electron chi connectivity index (χ2n) is 9.07. The van der Waals surface area contributed by atoms with Crippen molar-refractivity contribution in [3.8, 4) is 6.07 Å². The van der Waals surface area contributed by atoms with Gasteiger partial charge in [-0.1, -0.05) is 35.3 Å². The van der Waals surface area contributed by atoms with Crippen LogP contribution in [0.4, 0.5) is 10.5 Å². The average Bonchev–Trinajstić information content (AvgIpc) is 3.55.